The highest BCUT2D eigenvalue weighted by Crippen LogP contribution is 2.09. The molecule has 2 aromatic heterocycles. The zero-order chi connectivity index (χ0) is 9.80. The number of pyridine rings is 1. The number of nitrogens with zero attached hydrogens (tertiary/aromatic N) is 5. The Hall–Kier alpha value is -1.82. The van der Waals surface area contributed by atoms with E-state index < -0.39 is 0 Å². The van der Waals surface area contributed by atoms with Crippen LogP contribution in [0.25, 0.3) is 11.4 Å². The molecule has 2 rings (SSSR count). The van der Waals surface area contributed by atoms with Gasteiger partial charge in [-0.25, -0.2) is 0 Å². The molecule has 0 atom stereocenters. The molecule has 0 amide bonds. The molecule has 0 aliphatic heterocycles. The van der Waals surface area contributed by atoms with Crippen LogP contribution in [0, 0.1) is 0 Å². The Balaban J connectivity index is 2.25. The first-order valence-electron chi connectivity index (χ1n) is 4.28. The van der Waals surface area contributed by atoms with Crippen LogP contribution in [0.5, 0.6) is 0 Å². The topological polar surface area (TPSA) is 82.5 Å². The summed E-state index contributed by atoms with van der Waals surface area (Å²) < 4.78 is 0. The molecular weight excluding hydrogens is 180 g/mol. The van der Waals surface area contributed by atoms with Crippen molar-refractivity contribution < 1.29 is 0 Å². The molecule has 0 bridgehead atoms. The fourth-order valence-electron chi connectivity index (χ4n) is 1.06. The predicted molar refractivity (Wildman–Crippen MR) is 50.1 cm³/mol. The van der Waals surface area contributed by atoms with Gasteiger partial charge in [0.2, 0.25) is 5.82 Å². The van der Waals surface area contributed by atoms with Crippen molar-refractivity contribution in [3.63, 3.8) is 0 Å². The number of hydrogen-bond acceptors (Lipinski definition) is 5. The van der Waals surface area contributed by atoms with Crippen LogP contribution in [-0.4, -0.2) is 31.7 Å². The Labute approximate surface area is 80.8 Å². The summed E-state index contributed by atoms with van der Waals surface area (Å²) in [6, 6.07) is 3.72. The number of rotatable bonds is 3. The van der Waals surface area contributed by atoms with Crippen molar-refractivity contribution in [3.05, 3.63) is 24.5 Å². The highest BCUT2D eigenvalue weighted by atomic mass is 15.6. The van der Waals surface area contributed by atoms with E-state index in [1.54, 1.807) is 12.4 Å². The molecular formula is C8H10N6. The van der Waals surface area contributed by atoms with Gasteiger partial charge >= 0.3 is 0 Å². The van der Waals surface area contributed by atoms with Gasteiger partial charge in [0.1, 0.15) is 0 Å². The van der Waals surface area contributed by atoms with Crippen molar-refractivity contribution in [3.8, 4) is 11.4 Å². The Morgan fingerprint density at radius 2 is 2.36 bits per heavy atom. The van der Waals surface area contributed by atoms with Crippen molar-refractivity contribution in [2.45, 2.75) is 6.54 Å². The van der Waals surface area contributed by atoms with Crippen LogP contribution in [0.15, 0.2) is 24.5 Å². The van der Waals surface area contributed by atoms with E-state index >= 15 is 0 Å². The van der Waals surface area contributed by atoms with Gasteiger partial charge in [0.05, 0.1) is 6.54 Å². The van der Waals surface area contributed by atoms with E-state index in [0.29, 0.717) is 18.9 Å². The lowest BCUT2D eigenvalue weighted by molar-refractivity contribution is 0.531. The Morgan fingerprint density at radius 3 is 3.07 bits per heavy atom. The number of aromatic nitrogens is 5. The fourth-order valence-corrected chi connectivity index (χ4v) is 1.06. The number of nitrogens with two attached hydrogens (primary N) is 1. The van der Waals surface area contributed by atoms with Crippen LogP contribution in [-0.2, 0) is 6.54 Å². The number of tetrazole rings is 1. The molecule has 6 nitrogen and oxygen atoms in total. The fraction of sp³-hybridized carbons (Fsp3) is 0.250. The Kier molecular flexibility index (Phi) is 2.46. The summed E-state index contributed by atoms with van der Waals surface area (Å²) in [5.41, 5.74) is 6.22. The second kappa shape index (κ2) is 3.93. The van der Waals surface area contributed by atoms with E-state index in [0.717, 1.165) is 5.56 Å². The van der Waals surface area contributed by atoms with Crippen molar-refractivity contribution in [1.29, 1.82) is 0 Å². The number of hydrogen-bond donors (Lipinski definition) is 1. The van der Waals surface area contributed by atoms with Gasteiger partial charge in [-0.15, -0.1) is 10.2 Å². The third-order valence-electron chi connectivity index (χ3n) is 1.70. The summed E-state index contributed by atoms with van der Waals surface area (Å²) in [4.78, 5) is 5.45. The van der Waals surface area contributed by atoms with Crippen LogP contribution in [0.4, 0.5) is 0 Å². The molecule has 0 saturated heterocycles. The van der Waals surface area contributed by atoms with Gasteiger partial charge < -0.3 is 5.73 Å². The maximum atomic E-state index is 5.37. The molecule has 2 aromatic rings. The predicted octanol–water partition coefficient (Wildman–Crippen LogP) is -0.306. The van der Waals surface area contributed by atoms with Gasteiger partial charge in [0, 0.05) is 24.5 Å². The quantitative estimate of drug-likeness (QED) is 0.718. The second-order valence-electron chi connectivity index (χ2n) is 2.74. The molecule has 0 aliphatic carbocycles. The molecule has 0 radical (unpaired) electrons. The van der Waals surface area contributed by atoms with E-state index in [2.05, 4.69) is 20.4 Å². The van der Waals surface area contributed by atoms with Gasteiger partial charge in [-0.05, 0) is 17.3 Å². The van der Waals surface area contributed by atoms with Crippen LogP contribution in [0.3, 0.4) is 0 Å². The van der Waals surface area contributed by atoms with Gasteiger partial charge in [-0.2, -0.15) is 4.80 Å². The van der Waals surface area contributed by atoms with Crippen LogP contribution >= 0.6 is 0 Å². The first-order valence-corrected chi connectivity index (χ1v) is 4.28. The lowest BCUT2D eigenvalue weighted by Crippen LogP contribution is -2.12. The largest absolute Gasteiger partial charge is 0.329 e. The average Bonchev–Trinajstić information content (AvgIpc) is 2.68. The second-order valence-corrected chi connectivity index (χ2v) is 2.74. The molecule has 2 N–H and O–H groups in total. The molecule has 14 heavy (non-hydrogen) atoms. The van der Waals surface area contributed by atoms with E-state index in [4.69, 9.17) is 5.73 Å². The normalized spacial score (nSPS) is 10.4. The summed E-state index contributed by atoms with van der Waals surface area (Å²) in [7, 11) is 0. The average molecular weight is 190 g/mol. The lowest BCUT2D eigenvalue weighted by Gasteiger charge is -1.92. The highest BCUT2D eigenvalue weighted by molar-refractivity contribution is 5.51. The van der Waals surface area contributed by atoms with Gasteiger partial charge in [-0.1, -0.05) is 0 Å². The van der Waals surface area contributed by atoms with E-state index in [9.17, 15) is 0 Å². The monoisotopic (exact) mass is 190 g/mol. The van der Waals surface area contributed by atoms with Crippen molar-refractivity contribution >= 4 is 0 Å². The van der Waals surface area contributed by atoms with E-state index in [1.165, 1.54) is 4.80 Å². The summed E-state index contributed by atoms with van der Waals surface area (Å²) in [6.45, 7) is 1.08. The molecule has 0 aromatic carbocycles. The van der Waals surface area contributed by atoms with Crippen molar-refractivity contribution in [1.82, 2.24) is 25.2 Å². The molecule has 2 heterocycles. The van der Waals surface area contributed by atoms with Crippen LogP contribution < -0.4 is 5.73 Å². The van der Waals surface area contributed by atoms with Gasteiger partial charge in [0.15, 0.2) is 0 Å². The third kappa shape index (κ3) is 1.74. The molecule has 6 heteroatoms. The standard InChI is InChI=1S/C8H10N6/c9-3-5-14-12-8(11-13-14)7-2-1-4-10-6-7/h1-2,4,6H,3,5,9H2. The summed E-state index contributed by atoms with van der Waals surface area (Å²) in [5, 5.41) is 11.9. The third-order valence-corrected chi connectivity index (χ3v) is 1.70. The highest BCUT2D eigenvalue weighted by Gasteiger charge is 2.04. The Bertz CT molecular complexity index is 395. The summed E-state index contributed by atoms with van der Waals surface area (Å²) >= 11 is 0. The molecule has 0 unspecified atom stereocenters. The van der Waals surface area contributed by atoms with E-state index in [1.807, 2.05) is 12.1 Å². The minimum atomic E-state index is 0.503. The SMILES string of the molecule is NCCn1nnc(-c2cccnc2)n1. The van der Waals surface area contributed by atoms with Crippen LogP contribution in [0.1, 0.15) is 0 Å². The van der Waals surface area contributed by atoms with Crippen LogP contribution in [0.2, 0.25) is 0 Å². The molecule has 0 saturated carbocycles. The first-order chi connectivity index (χ1) is 6.90. The van der Waals surface area contributed by atoms with E-state index in [-0.39, 0.29) is 0 Å². The Morgan fingerprint density at radius 1 is 1.43 bits per heavy atom. The zero-order valence-electron chi connectivity index (χ0n) is 7.54. The van der Waals surface area contributed by atoms with Gasteiger partial charge in [0.25, 0.3) is 0 Å². The lowest BCUT2D eigenvalue weighted by atomic mass is 10.3. The minimum absolute atomic E-state index is 0.503. The summed E-state index contributed by atoms with van der Waals surface area (Å²) in [6.07, 6.45) is 3.40. The maximum absolute atomic E-state index is 5.37. The zero-order valence-corrected chi connectivity index (χ0v) is 7.54. The molecule has 0 spiro atoms. The molecule has 72 valence electrons. The minimum Gasteiger partial charge on any atom is -0.329 e. The smallest absolute Gasteiger partial charge is 0.206 e. The summed E-state index contributed by atoms with van der Waals surface area (Å²) in [5.74, 6) is 0.576. The maximum Gasteiger partial charge on any atom is 0.206 e. The van der Waals surface area contributed by atoms with Crippen molar-refractivity contribution in [2.24, 2.45) is 5.73 Å². The van der Waals surface area contributed by atoms with Crippen molar-refractivity contribution in [2.75, 3.05) is 6.54 Å². The molecule has 0 aliphatic rings. The van der Waals surface area contributed by atoms with Gasteiger partial charge in [-0.3, -0.25) is 4.98 Å². The first kappa shape index (κ1) is 8.76. The molecule has 0 fully saturated rings.